The van der Waals surface area contributed by atoms with Crippen molar-refractivity contribution in [2.75, 3.05) is 0 Å². The van der Waals surface area contributed by atoms with E-state index in [0.29, 0.717) is 17.2 Å². The smallest absolute Gasteiger partial charge is 0.248 e. The van der Waals surface area contributed by atoms with E-state index in [1.165, 1.54) is 18.0 Å². The van der Waals surface area contributed by atoms with Crippen LogP contribution in [0.5, 0.6) is 0 Å². The number of rotatable bonds is 5. The predicted molar refractivity (Wildman–Crippen MR) is 95.2 cm³/mol. The molecule has 3 atom stereocenters. The molecule has 2 aliphatic rings. The summed E-state index contributed by atoms with van der Waals surface area (Å²) in [6, 6.07) is 5.68. The van der Waals surface area contributed by atoms with E-state index in [2.05, 4.69) is 17.2 Å². The molecular weight excluding hydrogens is 332 g/mol. The number of hydrogen-bond acceptors (Lipinski definition) is 4. The number of nitrogens with one attached hydrogen (secondary N) is 1. The van der Waals surface area contributed by atoms with Crippen LogP contribution >= 0.6 is 0 Å². The van der Waals surface area contributed by atoms with Gasteiger partial charge >= 0.3 is 0 Å². The maximum Gasteiger partial charge on any atom is 0.248 e. The molecule has 26 heavy (non-hydrogen) atoms. The van der Waals surface area contributed by atoms with Crippen LogP contribution in [-0.2, 0) is 20.9 Å². The van der Waals surface area contributed by atoms with Crippen LogP contribution in [0.2, 0.25) is 0 Å². The van der Waals surface area contributed by atoms with E-state index in [-0.39, 0.29) is 24.9 Å². The topological polar surface area (TPSA) is 105 Å². The maximum atomic E-state index is 12.9. The van der Waals surface area contributed by atoms with Gasteiger partial charge in [-0.1, -0.05) is 13.0 Å². The lowest BCUT2D eigenvalue weighted by atomic mass is 9.79. The molecule has 1 aromatic rings. The molecule has 3 rings (SSSR count). The summed E-state index contributed by atoms with van der Waals surface area (Å²) < 4.78 is 0. The highest BCUT2D eigenvalue weighted by Crippen LogP contribution is 2.35. The third-order valence-electron chi connectivity index (χ3n) is 5.13. The zero-order valence-corrected chi connectivity index (χ0v) is 15.3. The fraction of sp³-hybridized carbons (Fsp3) is 0.474. The van der Waals surface area contributed by atoms with Crippen LogP contribution in [0.15, 0.2) is 30.0 Å². The van der Waals surface area contributed by atoms with Gasteiger partial charge in [0.2, 0.25) is 17.7 Å². The molecule has 0 saturated heterocycles. The van der Waals surface area contributed by atoms with Crippen LogP contribution in [0.3, 0.4) is 0 Å². The van der Waals surface area contributed by atoms with Crippen molar-refractivity contribution in [3.05, 3.63) is 41.4 Å². The quantitative estimate of drug-likeness (QED) is 0.768. The number of amides is 3. The number of pyridine rings is 1. The van der Waals surface area contributed by atoms with Gasteiger partial charge in [0.25, 0.3) is 0 Å². The second-order valence-electron chi connectivity index (χ2n) is 7.52. The van der Waals surface area contributed by atoms with Crippen LogP contribution in [0.4, 0.5) is 0 Å². The van der Waals surface area contributed by atoms with Crippen molar-refractivity contribution in [1.82, 2.24) is 15.2 Å². The van der Waals surface area contributed by atoms with Gasteiger partial charge in [-0.2, -0.15) is 0 Å². The number of nitrogens with zero attached hydrogens (tertiary/aromatic N) is 2. The van der Waals surface area contributed by atoms with E-state index in [1.807, 2.05) is 19.1 Å². The van der Waals surface area contributed by atoms with Crippen molar-refractivity contribution in [3.8, 4) is 0 Å². The van der Waals surface area contributed by atoms with E-state index in [1.54, 1.807) is 6.07 Å². The van der Waals surface area contributed by atoms with Gasteiger partial charge in [-0.15, -0.1) is 0 Å². The number of aromatic nitrogens is 1. The number of nitrogens with two attached hydrogens (primary N) is 1. The second-order valence-corrected chi connectivity index (χ2v) is 7.52. The molecule has 7 nitrogen and oxygen atoms in total. The zero-order chi connectivity index (χ0) is 19.1. The number of hydrogen-bond donors (Lipinski definition) is 2. The van der Waals surface area contributed by atoms with Gasteiger partial charge < -0.3 is 16.0 Å². The summed E-state index contributed by atoms with van der Waals surface area (Å²) in [5, 5.41) is 2.95. The Kier molecular flexibility index (Phi) is 4.56. The second kappa shape index (κ2) is 6.55. The first kappa shape index (κ1) is 18.1. The van der Waals surface area contributed by atoms with Crippen molar-refractivity contribution in [2.24, 2.45) is 17.1 Å². The minimum atomic E-state index is -1.44. The summed E-state index contributed by atoms with van der Waals surface area (Å²) in [5.41, 5.74) is 5.96. The first-order chi connectivity index (χ1) is 12.2. The number of aryl methyl sites for hydroxylation is 1. The van der Waals surface area contributed by atoms with E-state index in [0.717, 1.165) is 12.1 Å². The predicted octanol–water partition coefficient (Wildman–Crippen LogP) is 1.02. The monoisotopic (exact) mass is 356 g/mol. The lowest BCUT2D eigenvalue weighted by molar-refractivity contribution is -0.148. The summed E-state index contributed by atoms with van der Waals surface area (Å²) in [7, 11) is 0. The number of carbonyl (C=O) groups is 3. The number of carbonyl (C=O) groups excluding carboxylic acids is 3. The molecule has 2 heterocycles. The van der Waals surface area contributed by atoms with Gasteiger partial charge in [0.1, 0.15) is 5.41 Å². The molecule has 0 aromatic carbocycles. The molecule has 7 heteroatoms. The Morgan fingerprint density at radius 3 is 2.69 bits per heavy atom. The highest BCUT2D eigenvalue weighted by Gasteiger charge is 2.47. The Balaban J connectivity index is 1.88. The fourth-order valence-electron chi connectivity index (χ4n) is 3.16. The Bertz CT molecular complexity index is 804. The van der Waals surface area contributed by atoms with Crippen LogP contribution in [0, 0.1) is 18.3 Å². The summed E-state index contributed by atoms with van der Waals surface area (Å²) in [5.74, 6) is -0.936. The van der Waals surface area contributed by atoms with Gasteiger partial charge in [-0.25, -0.2) is 0 Å². The van der Waals surface area contributed by atoms with Crippen molar-refractivity contribution >= 4 is 17.7 Å². The van der Waals surface area contributed by atoms with E-state index in [4.69, 9.17) is 5.73 Å². The molecule has 1 aliphatic heterocycles. The molecule has 1 aromatic heterocycles. The number of primary amides is 1. The summed E-state index contributed by atoms with van der Waals surface area (Å²) in [6.45, 7) is 5.60. The van der Waals surface area contributed by atoms with Crippen LogP contribution in [-0.4, -0.2) is 33.6 Å². The fourth-order valence-corrected chi connectivity index (χ4v) is 3.16. The first-order valence-electron chi connectivity index (χ1n) is 8.76. The molecule has 1 fully saturated rings. The molecule has 0 spiro atoms. The Hall–Kier alpha value is -2.70. The average Bonchev–Trinajstić information content (AvgIpc) is 3.26. The Morgan fingerprint density at radius 2 is 2.12 bits per heavy atom. The third kappa shape index (κ3) is 3.47. The molecule has 1 aliphatic carbocycles. The summed E-state index contributed by atoms with van der Waals surface area (Å²) in [4.78, 5) is 43.2. The molecule has 0 radical (unpaired) electrons. The van der Waals surface area contributed by atoms with E-state index >= 15 is 0 Å². The van der Waals surface area contributed by atoms with E-state index in [9.17, 15) is 14.4 Å². The third-order valence-corrected chi connectivity index (χ3v) is 5.13. The zero-order valence-electron chi connectivity index (χ0n) is 15.3. The molecule has 0 bridgehead atoms. The van der Waals surface area contributed by atoms with Crippen molar-refractivity contribution in [3.63, 3.8) is 0 Å². The highest BCUT2D eigenvalue weighted by atomic mass is 16.2. The van der Waals surface area contributed by atoms with E-state index < -0.39 is 17.2 Å². The van der Waals surface area contributed by atoms with Crippen LogP contribution < -0.4 is 11.1 Å². The van der Waals surface area contributed by atoms with Gasteiger partial charge in [0.05, 0.1) is 12.2 Å². The van der Waals surface area contributed by atoms with Gasteiger partial charge in [-0.05, 0) is 38.3 Å². The van der Waals surface area contributed by atoms with Crippen molar-refractivity contribution < 1.29 is 14.4 Å². The largest absolute Gasteiger partial charge is 0.369 e. The summed E-state index contributed by atoms with van der Waals surface area (Å²) >= 11 is 0. The minimum absolute atomic E-state index is 0.00580. The lowest BCUT2D eigenvalue weighted by Crippen LogP contribution is -2.52. The standard InChI is InChI=1S/C19H24N4O3/c1-11-7-15(11)22-16(24)13-8-19(3,17(20)25)18(26)23(9-13)10-14-6-4-5-12(2)21-14/h4-6,9,11,15H,7-8,10H2,1-3H3,(H2,20,25)(H,22,24)/t11-,15-,19?/m0/s1. The molecule has 1 unspecified atom stereocenters. The molecule has 3 N–H and O–H groups in total. The maximum absolute atomic E-state index is 12.9. The first-order valence-corrected chi connectivity index (χ1v) is 8.76. The van der Waals surface area contributed by atoms with Crippen LogP contribution in [0.25, 0.3) is 0 Å². The molecule has 3 amide bonds. The van der Waals surface area contributed by atoms with Crippen LogP contribution in [0.1, 0.15) is 38.1 Å². The average molecular weight is 356 g/mol. The molecule has 1 saturated carbocycles. The Morgan fingerprint density at radius 1 is 1.42 bits per heavy atom. The SMILES string of the molecule is Cc1cccc(CN2C=C(C(=O)N[C@H]3C[C@@H]3C)CC(C)(C(N)=O)C2=O)n1. The normalized spacial score (nSPS) is 27.7. The Labute approximate surface area is 152 Å². The highest BCUT2D eigenvalue weighted by molar-refractivity contribution is 6.08. The molecular formula is C19H24N4O3. The van der Waals surface area contributed by atoms with Gasteiger partial charge in [0, 0.05) is 29.9 Å². The minimum Gasteiger partial charge on any atom is -0.369 e. The molecule has 138 valence electrons. The summed E-state index contributed by atoms with van der Waals surface area (Å²) in [6.07, 6.45) is 2.48. The van der Waals surface area contributed by atoms with Gasteiger partial charge in [0.15, 0.2) is 0 Å². The van der Waals surface area contributed by atoms with Gasteiger partial charge in [-0.3, -0.25) is 19.4 Å². The van der Waals surface area contributed by atoms with Crippen molar-refractivity contribution in [2.45, 2.75) is 46.2 Å². The lowest BCUT2D eigenvalue weighted by Gasteiger charge is -2.35. The van der Waals surface area contributed by atoms with Crippen molar-refractivity contribution in [1.29, 1.82) is 0 Å².